The standard InChI is InChI=1S/C11H10ClNO3S2/c12-10-6(11(14)15)1-2-8-7(10)5-9(18-8)17-4-3-13-16/h1-2,9H,3-5H2,(H,14,15). The van der Waals surface area contributed by atoms with Crippen LogP contribution in [0.2, 0.25) is 5.02 Å². The van der Waals surface area contributed by atoms with Crippen molar-refractivity contribution in [1.29, 1.82) is 0 Å². The van der Waals surface area contributed by atoms with Crippen molar-refractivity contribution in [2.75, 3.05) is 12.3 Å². The maximum absolute atomic E-state index is 11.0. The number of hydrogen-bond acceptors (Lipinski definition) is 5. The normalized spacial score (nSPS) is 17.5. The van der Waals surface area contributed by atoms with Gasteiger partial charge in [-0.05, 0) is 24.1 Å². The lowest BCUT2D eigenvalue weighted by atomic mass is 10.1. The van der Waals surface area contributed by atoms with E-state index in [0.717, 1.165) is 16.9 Å². The van der Waals surface area contributed by atoms with Crippen molar-refractivity contribution >= 4 is 41.1 Å². The molecule has 1 aromatic carbocycles. The van der Waals surface area contributed by atoms with Gasteiger partial charge in [-0.3, -0.25) is 0 Å². The van der Waals surface area contributed by atoms with Gasteiger partial charge in [-0.1, -0.05) is 16.8 Å². The summed E-state index contributed by atoms with van der Waals surface area (Å²) in [7, 11) is 0. The number of fused-ring (bicyclic) bond motifs is 1. The Balaban J connectivity index is 2.12. The van der Waals surface area contributed by atoms with Crippen LogP contribution in [-0.4, -0.2) is 28.0 Å². The van der Waals surface area contributed by atoms with E-state index in [2.05, 4.69) is 5.18 Å². The molecule has 0 saturated carbocycles. The first-order valence-corrected chi connectivity index (χ1v) is 7.56. The number of nitroso groups, excluding NO2 is 1. The first-order chi connectivity index (χ1) is 8.63. The van der Waals surface area contributed by atoms with Crippen molar-refractivity contribution in [2.45, 2.75) is 15.9 Å². The van der Waals surface area contributed by atoms with Crippen molar-refractivity contribution in [2.24, 2.45) is 5.18 Å². The highest BCUT2D eigenvalue weighted by molar-refractivity contribution is 8.17. The van der Waals surface area contributed by atoms with Gasteiger partial charge in [0.05, 0.1) is 21.7 Å². The van der Waals surface area contributed by atoms with Crippen molar-refractivity contribution < 1.29 is 9.90 Å². The lowest BCUT2D eigenvalue weighted by molar-refractivity contribution is 0.0697. The minimum atomic E-state index is -1.01. The monoisotopic (exact) mass is 303 g/mol. The van der Waals surface area contributed by atoms with Crippen LogP contribution < -0.4 is 0 Å². The van der Waals surface area contributed by atoms with Gasteiger partial charge in [0.15, 0.2) is 0 Å². The number of thioether (sulfide) groups is 2. The van der Waals surface area contributed by atoms with Crippen molar-refractivity contribution in [3.05, 3.63) is 33.2 Å². The molecular formula is C11H10ClNO3S2. The lowest BCUT2D eigenvalue weighted by Crippen LogP contribution is -2.01. The maximum Gasteiger partial charge on any atom is 0.337 e. The molecule has 1 aliphatic rings. The fourth-order valence-corrected chi connectivity index (χ4v) is 4.72. The third kappa shape index (κ3) is 2.81. The van der Waals surface area contributed by atoms with Gasteiger partial charge in [0, 0.05) is 10.6 Å². The third-order valence-electron chi connectivity index (χ3n) is 2.55. The van der Waals surface area contributed by atoms with Gasteiger partial charge >= 0.3 is 5.97 Å². The largest absolute Gasteiger partial charge is 0.478 e. The highest BCUT2D eigenvalue weighted by Crippen LogP contribution is 2.45. The summed E-state index contributed by atoms with van der Waals surface area (Å²) in [5, 5.41) is 12.1. The van der Waals surface area contributed by atoms with Gasteiger partial charge in [0.2, 0.25) is 0 Å². The average Bonchev–Trinajstić information content (AvgIpc) is 2.73. The molecule has 4 nitrogen and oxygen atoms in total. The van der Waals surface area contributed by atoms with E-state index in [9.17, 15) is 9.70 Å². The third-order valence-corrected chi connectivity index (χ3v) is 5.70. The summed E-state index contributed by atoms with van der Waals surface area (Å²) in [5.41, 5.74) is 1.05. The molecule has 1 atom stereocenters. The summed E-state index contributed by atoms with van der Waals surface area (Å²) in [5.74, 6) is -0.326. The molecule has 0 fully saturated rings. The Kier molecular flexibility index (Phi) is 4.53. The van der Waals surface area contributed by atoms with E-state index in [-0.39, 0.29) is 10.1 Å². The average molecular weight is 304 g/mol. The molecule has 0 saturated heterocycles. The Morgan fingerprint density at radius 1 is 1.61 bits per heavy atom. The Bertz CT molecular complexity index is 495. The van der Waals surface area contributed by atoms with Gasteiger partial charge < -0.3 is 5.11 Å². The fraction of sp³-hybridized carbons (Fsp3) is 0.364. The number of hydrogen-bond donors (Lipinski definition) is 1. The first-order valence-electron chi connectivity index (χ1n) is 5.25. The summed E-state index contributed by atoms with van der Waals surface area (Å²) in [6.45, 7) is 0.298. The SMILES string of the molecule is O=NCCSC1Cc2c(ccc(C(=O)O)c2Cl)S1. The summed E-state index contributed by atoms with van der Waals surface area (Å²) in [4.78, 5) is 22.0. The molecule has 0 amide bonds. The Morgan fingerprint density at radius 3 is 3.06 bits per heavy atom. The van der Waals surface area contributed by atoms with E-state index in [1.807, 2.05) is 0 Å². The van der Waals surface area contributed by atoms with E-state index in [1.165, 1.54) is 6.07 Å². The molecule has 0 aliphatic carbocycles. The van der Waals surface area contributed by atoms with E-state index in [0.29, 0.717) is 17.3 Å². The first kappa shape index (κ1) is 13.7. The molecule has 1 heterocycles. The second-order valence-electron chi connectivity index (χ2n) is 3.68. The predicted molar refractivity (Wildman–Crippen MR) is 74.9 cm³/mol. The molecule has 0 spiro atoms. The highest BCUT2D eigenvalue weighted by atomic mass is 35.5. The number of aromatic carboxylic acids is 1. The molecule has 2 rings (SSSR count). The quantitative estimate of drug-likeness (QED) is 0.666. The molecule has 1 aromatic rings. The van der Waals surface area contributed by atoms with E-state index in [1.54, 1.807) is 29.6 Å². The topological polar surface area (TPSA) is 66.7 Å². The number of nitrogens with zero attached hydrogens (tertiary/aromatic N) is 1. The molecule has 1 aliphatic heterocycles. The number of halogens is 1. The molecule has 0 bridgehead atoms. The Morgan fingerprint density at radius 2 is 2.39 bits per heavy atom. The maximum atomic E-state index is 11.0. The second kappa shape index (κ2) is 5.95. The molecule has 1 unspecified atom stereocenters. The number of carboxylic acid groups (broad SMARTS) is 1. The van der Waals surface area contributed by atoms with Crippen LogP contribution in [0.3, 0.4) is 0 Å². The predicted octanol–water partition coefficient (Wildman–Crippen LogP) is 3.51. The van der Waals surface area contributed by atoms with Crippen LogP contribution in [0.5, 0.6) is 0 Å². The number of carbonyl (C=O) groups is 1. The number of carboxylic acids is 1. The van der Waals surface area contributed by atoms with Crippen LogP contribution >= 0.6 is 35.1 Å². The summed E-state index contributed by atoms with van der Waals surface area (Å²) < 4.78 is 0.281. The molecule has 7 heteroatoms. The van der Waals surface area contributed by atoms with Crippen LogP contribution in [0.15, 0.2) is 22.2 Å². The zero-order valence-electron chi connectivity index (χ0n) is 9.26. The van der Waals surface area contributed by atoms with Gasteiger partial charge in [-0.25, -0.2) is 4.79 Å². The smallest absolute Gasteiger partial charge is 0.337 e. The summed E-state index contributed by atoms with van der Waals surface area (Å²) in [6.07, 6.45) is 0.726. The minimum Gasteiger partial charge on any atom is -0.478 e. The number of rotatable bonds is 5. The van der Waals surface area contributed by atoms with Crippen molar-refractivity contribution in [3.8, 4) is 0 Å². The lowest BCUT2D eigenvalue weighted by Gasteiger charge is -2.05. The van der Waals surface area contributed by atoms with Gasteiger partial charge in [0.1, 0.15) is 0 Å². The van der Waals surface area contributed by atoms with E-state index < -0.39 is 5.97 Å². The highest BCUT2D eigenvalue weighted by Gasteiger charge is 2.27. The van der Waals surface area contributed by atoms with Crippen molar-refractivity contribution in [3.63, 3.8) is 0 Å². The van der Waals surface area contributed by atoms with E-state index in [4.69, 9.17) is 16.7 Å². The van der Waals surface area contributed by atoms with Crippen LogP contribution in [0.1, 0.15) is 15.9 Å². The fourth-order valence-electron chi connectivity index (χ4n) is 1.73. The number of benzene rings is 1. The van der Waals surface area contributed by atoms with Crippen LogP contribution in [0.4, 0.5) is 0 Å². The van der Waals surface area contributed by atoms with Gasteiger partial charge in [-0.15, -0.1) is 23.5 Å². The van der Waals surface area contributed by atoms with Crippen molar-refractivity contribution in [1.82, 2.24) is 0 Å². The van der Waals surface area contributed by atoms with Gasteiger partial charge in [-0.2, -0.15) is 4.91 Å². The Hall–Kier alpha value is -0.720. The molecule has 0 aromatic heterocycles. The summed E-state index contributed by atoms with van der Waals surface area (Å²) >= 11 is 9.42. The molecule has 96 valence electrons. The zero-order valence-corrected chi connectivity index (χ0v) is 11.6. The minimum absolute atomic E-state index is 0.149. The molecule has 0 radical (unpaired) electrons. The molecule has 1 N–H and O–H groups in total. The molecule has 18 heavy (non-hydrogen) atoms. The van der Waals surface area contributed by atoms with E-state index >= 15 is 0 Å². The molecular weight excluding hydrogens is 294 g/mol. The summed E-state index contributed by atoms with van der Waals surface area (Å²) in [6, 6.07) is 3.34. The second-order valence-corrected chi connectivity index (χ2v) is 6.92. The zero-order chi connectivity index (χ0) is 13.1. The van der Waals surface area contributed by atoms with Gasteiger partial charge in [0.25, 0.3) is 0 Å². The van der Waals surface area contributed by atoms with Crippen LogP contribution in [0, 0.1) is 4.91 Å². The Labute approximate surface area is 117 Å². The van der Waals surface area contributed by atoms with Crippen LogP contribution in [0.25, 0.3) is 0 Å². The van der Waals surface area contributed by atoms with Crippen LogP contribution in [-0.2, 0) is 6.42 Å².